The minimum absolute atomic E-state index is 0. The number of amidine groups is 1. The summed E-state index contributed by atoms with van der Waals surface area (Å²) < 4.78 is 0. The van der Waals surface area contributed by atoms with E-state index in [1.165, 1.54) is 0 Å². The number of carbonyl (C=O) groups is 1. The molecule has 4 rings (SSSR count). The average molecular weight is 300 g/mol. The van der Waals surface area contributed by atoms with Crippen LogP contribution in [0, 0.1) is 0 Å². The number of amides is 1. The van der Waals surface area contributed by atoms with Crippen LogP contribution in [-0.4, -0.2) is 34.5 Å². The van der Waals surface area contributed by atoms with E-state index in [0.717, 1.165) is 21.7 Å². The van der Waals surface area contributed by atoms with Crippen molar-refractivity contribution in [2.24, 2.45) is 10.2 Å². The highest BCUT2D eigenvalue weighted by molar-refractivity contribution is 7.12. The number of benzene rings is 1. The lowest BCUT2D eigenvalue weighted by molar-refractivity contribution is -0.122. The van der Waals surface area contributed by atoms with Crippen molar-refractivity contribution in [3.05, 3.63) is 57.8 Å². The number of hydrazone groups is 2. The third-order valence-corrected chi connectivity index (χ3v) is 4.10. The van der Waals surface area contributed by atoms with Crippen LogP contribution in [0.5, 0.6) is 0 Å². The normalized spacial score (nSPS) is 16.0. The van der Waals surface area contributed by atoms with Crippen molar-refractivity contribution in [1.29, 1.82) is 0 Å². The molecule has 3 N–H and O–H groups in total. The summed E-state index contributed by atoms with van der Waals surface area (Å²) in [5.74, 6) is 0.544. The van der Waals surface area contributed by atoms with Gasteiger partial charge in [-0.1, -0.05) is 30.3 Å². The van der Waals surface area contributed by atoms with E-state index in [0.29, 0.717) is 5.84 Å². The number of rotatable bonds is 1. The minimum atomic E-state index is -0.151. The molecule has 1 aromatic carbocycles. The molecule has 0 saturated heterocycles. The smallest absolute Gasteiger partial charge is 0.261 e. The number of nitrogens with one attached hydrogen (secondary N) is 1. The second kappa shape index (κ2) is 5.12. The second-order valence-electron chi connectivity index (χ2n) is 4.50. The number of hydrogen-bond donors (Lipinski definition) is 1. The van der Waals surface area contributed by atoms with Crippen molar-refractivity contribution in [3.63, 3.8) is 0 Å². The molecule has 0 atom stereocenters. The molecule has 0 bridgehead atoms. The highest BCUT2D eigenvalue weighted by atomic mass is 32.1. The monoisotopic (exact) mass is 300 g/mol. The maximum atomic E-state index is 11.5. The molecule has 3 heterocycles. The van der Waals surface area contributed by atoms with Gasteiger partial charge in [0.1, 0.15) is 12.3 Å². The molecule has 0 spiro atoms. The number of thiophene rings is 1. The summed E-state index contributed by atoms with van der Waals surface area (Å²) in [5, 5.41) is 12.4. The molecule has 0 saturated carbocycles. The Bertz CT molecular complexity index is 752. The van der Waals surface area contributed by atoms with Crippen LogP contribution in [-0.2, 0) is 4.79 Å². The van der Waals surface area contributed by atoms with Crippen molar-refractivity contribution < 1.29 is 10.3 Å². The van der Waals surface area contributed by atoms with Crippen LogP contribution in [0.15, 0.2) is 52.0 Å². The van der Waals surface area contributed by atoms with Crippen molar-refractivity contribution >= 4 is 28.8 Å². The van der Waals surface area contributed by atoms with E-state index in [9.17, 15) is 4.79 Å². The number of fused-ring (bicyclic) bond motifs is 3. The van der Waals surface area contributed by atoms with Gasteiger partial charge < -0.3 is 5.48 Å². The number of carbonyl (C=O) groups excluding carboxylic acids is 1. The lowest BCUT2D eigenvalue weighted by atomic mass is 9.99. The van der Waals surface area contributed by atoms with E-state index in [1.807, 2.05) is 41.8 Å². The molecule has 6 nitrogen and oxygen atoms in total. The van der Waals surface area contributed by atoms with Crippen molar-refractivity contribution in [2.45, 2.75) is 0 Å². The zero-order valence-corrected chi connectivity index (χ0v) is 11.7. The van der Waals surface area contributed by atoms with Crippen LogP contribution >= 0.6 is 11.3 Å². The van der Waals surface area contributed by atoms with Gasteiger partial charge in [0.15, 0.2) is 5.84 Å². The van der Waals surface area contributed by atoms with Crippen molar-refractivity contribution in [2.75, 3.05) is 6.54 Å². The molecule has 1 aromatic heterocycles. The van der Waals surface area contributed by atoms with Gasteiger partial charge >= 0.3 is 0 Å². The Balaban J connectivity index is 0.00000132. The van der Waals surface area contributed by atoms with Gasteiger partial charge in [0.05, 0.1) is 4.88 Å². The second-order valence-corrected chi connectivity index (χ2v) is 5.45. The van der Waals surface area contributed by atoms with E-state index in [-0.39, 0.29) is 17.9 Å². The third-order valence-electron chi connectivity index (χ3n) is 3.22. The summed E-state index contributed by atoms with van der Waals surface area (Å²) in [6.45, 7) is 0.196. The van der Waals surface area contributed by atoms with Crippen LogP contribution in [0.1, 0.15) is 16.0 Å². The molecule has 2 aliphatic rings. The van der Waals surface area contributed by atoms with E-state index >= 15 is 0 Å². The first-order valence-electron chi connectivity index (χ1n) is 6.19. The van der Waals surface area contributed by atoms with E-state index in [2.05, 4.69) is 15.6 Å². The SMILES string of the molecule is O.O=C1CN2N=C(c3cccs3)c3ccccc3C2=NN1. The first-order valence-corrected chi connectivity index (χ1v) is 7.07. The molecule has 1 amide bonds. The molecule has 106 valence electrons. The molecular weight excluding hydrogens is 288 g/mol. The minimum Gasteiger partial charge on any atom is -0.412 e. The molecule has 2 aromatic rings. The predicted octanol–water partition coefficient (Wildman–Crippen LogP) is 0.783. The largest absolute Gasteiger partial charge is 0.412 e. The molecule has 0 fully saturated rings. The first-order chi connectivity index (χ1) is 9.83. The fraction of sp³-hybridized carbons (Fsp3) is 0.0714. The predicted molar refractivity (Wildman–Crippen MR) is 81.4 cm³/mol. The van der Waals surface area contributed by atoms with Crippen molar-refractivity contribution in [3.8, 4) is 0 Å². The highest BCUT2D eigenvalue weighted by Crippen LogP contribution is 2.26. The van der Waals surface area contributed by atoms with Crippen LogP contribution in [0.4, 0.5) is 0 Å². The molecule has 0 radical (unpaired) electrons. The average Bonchev–Trinajstić information content (AvgIpc) is 3.00. The van der Waals surface area contributed by atoms with Gasteiger partial charge in [-0.2, -0.15) is 10.2 Å². The summed E-state index contributed by atoms with van der Waals surface area (Å²) in [5.41, 5.74) is 5.44. The number of hydrogen-bond acceptors (Lipinski definition) is 5. The molecule has 21 heavy (non-hydrogen) atoms. The Kier molecular flexibility index (Phi) is 3.28. The maximum Gasteiger partial charge on any atom is 0.261 e. The summed E-state index contributed by atoms with van der Waals surface area (Å²) in [7, 11) is 0. The Labute approximate surface area is 124 Å². The summed E-state index contributed by atoms with van der Waals surface area (Å²) in [6.07, 6.45) is 0. The van der Waals surface area contributed by atoms with Gasteiger partial charge in [-0.05, 0) is 11.4 Å². The van der Waals surface area contributed by atoms with Gasteiger partial charge in [0.25, 0.3) is 5.91 Å². The zero-order valence-electron chi connectivity index (χ0n) is 10.9. The molecular formula is C14H12N4O2S. The van der Waals surface area contributed by atoms with Crippen LogP contribution in [0.2, 0.25) is 0 Å². The first kappa shape index (κ1) is 13.5. The zero-order chi connectivity index (χ0) is 13.5. The fourth-order valence-electron chi connectivity index (χ4n) is 2.36. The van der Waals surface area contributed by atoms with E-state index in [4.69, 9.17) is 0 Å². The van der Waals surface area contributed by atoms with Crippen LogP contribution < -0.4 is 5.43 Å². The van der Waals surface area contributed by atoms with Gasteiger partial charge in [0, 0.05) is 11.1 Å². The maximum absolute atomic E-state index is 11.5. The number of nitrogens with zero attached hydrogens (tertiary/aromatic N) is 3. The molecule has 0 unspecified atom stereocenters. The lowest BCUT2D eigenvalue weighted by Crippen LogP contribution is -2.45. The third kappa shape index (κ3) is 2.12. The van der Waals surface area contributed by atoms with Gasteiger partial charge in [-0.25, -0.2) is 10.4 Å². The van der Waals surface area contributed by atoms with Crippen molar-refractivity contribution in [1.82, 2.24) is 10.4 Å². The molecule has 2 aliphatic heterocycles. The topological polar surface area (TPSA) is 88.6 Å². The molecule has 0 aliphatic carbocycles. The van der Waals surface area contributed by atoms with Gasteiger partial charge in [0.2, 0.25) is 0 Å². The van der Waals surface area contributed by atoms with Gasteiger partial charge in [-0.3, -0.25) is 4.79 Å². The van der Waals surface area contributed by atoms with Crippen LogP contribution in [0.25, 0.3) is 0 Å². The quantitative estimate of drug-likeness (QED) is 0.843. The summed E-state index contributed by atoms with van der Waals surface area (Å²) in [4.78, 5) is 12.6. The van der Waals surface area contributed by atoms with Gasteiger partial charge in [-0.15, -0.1) is 11.3 Å². The van der Waals surface area contributed by atoms with Crippen LogP contribution in [0.3, 0.4) is 0 Å². The lowest BCUT2D eigenvalue weighted by Gasteiger charge is -2.30. The fourth-order valence-corrected chi connectivity index (χ4v) is 3.08. The van der Waals surface area contributed by atoms with E-state index in [1.54, 1.807) is 16.3 Å². The Hall–Kier alpha value is -2.51. The highest BCUT2D eigenvalue weighted by Gasteiger charge is 2.30. The standard InChI is InChI=1S/C14H10N4OS.H2O/c19-12-8-18-14(16-15-12)10-5-2-1-4-9(10)13(17-18)11-6-3-7-20-11;/h1-7H,8H2,(H,15,19);1H2. The summed E-state index contributed by atoms with van der Waals surface area (Å²) >= 11 is 1.64. The molecule has 7 heteroatoms. The Morgan fingerprint density at radius 2 is 1.95 bits per heavy atom. The van der Waals surface area contributed by atoms with E-state index < -0.39 is 0 Å². The Morgan fingerprint density at radius 3 is 2.71 bits per heavy atom. The Morgan fingerprint density at radius 1 is 1.14 bits per heavy atom. The summed E-state index contributed by atoms with van der Waals surface area (Å²) in [6, 6.07) is 12.0.